The highest BCUT2D eigenvalue weighted by Crippen LogP contribution is 2.24. The van der Waals surface area contributed by atoms with Crippen LogP contribution in [0.5, 0.6) is 0 Å². The predicted octanol–water partition coefficient (Wildman–Crippen LogP) is 3.94. The van der Waals surface area contributed by atoms with Gasteiger partial charge in [0.2, 0.25) is 0 Å². The van der Waals surface area contributed by atoms with Crippen LogP contribution in [0.2, 0.25) is 0 Å². The van der Waals surface area contributed by atoms with Crippen LogP contribution >= 0.6 is 0 Å². The van der Waals surface area contributed by atoms with E-state index in [9.17, 15) is 9.59 Å². The van der Waals surface area contributed by atoms with E-state index in [1.54, 1.807) is 0 Å². The molecule has 0 aliphatic rings. The molecule has 5 heteroatoms. The van der Waals surface area contributed by atoms with E-state index in [-0.39, 0.29) is 23.2 Å². The summed E-state index contributed by atoms with van der Waals surface area (Å²) in [6.45, 7) is 2.26. The third-order valence-corrected chi connectivity index (χ3v) is 4.91. The number of carbonyl (C=O) groups is 1. The molecule has 0 saturated heterocycles. The highest BCUT2D eigenvalue weighted by atomic mass is 16.2. The lowest BCUT2D eigenvalue weighted by Crippen LogP contribution is -2.31. The van der Waals surface area contributed by atoms with Crippen LogP contribution in [-0.4, -0.2) is 15.7 Å². The highest BCUT2D eigenvalue weighted by molar-refractivity contribution is 5.93. The van der Waals surface area contributed by atoms with Gasteiger partial charge in [-0.25, -0.2) is 4.68 Å². The van der Waals surface area contributed by atoms with Crippen molar-refractivity contribution >= 4 is 16.7 Å². The van der Waals surface area contributed by atoms with Crippen molar-refractivity contribution in [2.24, 2.45) is 0 Å². The minimum atomic E-state index is -0.313. The van der Waals surface area contributed by atoms with Crippen molar-refractivity contribution in [2.75, 3.05) is 0 Å². The smallest absolute Gasteiger partial charge is 0.272 e. The molecule has 0 aliphatic heterocycles. The zero-order valence-electron chi connectivity index (χ0n) is 16.1. The first-order valence-corrected chi connectivity index (χ1v) is 9.52. The number of benzene rings is 3. The molecule has 0 fully saturated rings. The molecule has 1 atom stereocenters. The summed E-state index contributed by atoms with van der Waals surface area (Å²) in [5.41, 5.74) is 1.96. The number of hydrogen-bond donors (Lipinski definition) is 1. The second-order valence-electron chi connectivity index (χ2n) is 6.96. The fourth-order valence-electron chi connectivity index (χ4n) is 3.42. The second-order valence-corrected chi connectivity index (χ2v) is 6.96. The van der Waals surface area contributed by atoms with Crippen molar-refractivity contribution < 1.29 is 4.79 Å². The Balaban J connectivity index is 1.56. The van der Waals surface area contributed by atoms with Crippen molar-refractivity contribution in [3.63, 3.8) is 0 Å². The second kappa shape index (κ2) is 8.10. The van der Waals surface area contributed by atoms with Crippen molar-refractivity contribution in [3.05, 3.63) is 112 Å². The largest absolute Gasteiger partial charge is 0.344 e. The minimum absolute atomic E-state index is 0.204. The van der Waals surface area contributed by atoms with Gasteiger partial charge in [0.25, 0.3) is 11.5 Å². The van der Waals surface area contributed by atoms with E-state index in [0.29, 0.717) is 6.54 Å². The van der Waals surface area contributed by atoms with Gasteiger partial charge in [-0.2, -0.15) is 5.10 Å². The first-order valence-electron chi connectivity index (χ1n) is 9.52. The molecule has 4 aromatic rings. The van der Waals surface area contributed by atoms with Crippen LogP contribution in [0, 0.1) is 0 Å². The van der Waals surface area contributed by atoms with Crippen LogP contribution in [-0.2, 0) is 6.54 Å². The van der Waals surface area contributed by atoms with E-state index < -0.39 is 0 Å². The number of amides is 1. The Hall–Kier alpha value is -3.73. The van der Waals surface area contributed by atoms with E-state index in [0.717, 1.165) is 21.9 Å². The first-order chi connectivity index (χ1) is 14.1. The fraction of sp³-hybridized carbons (Fsp3) is 0.125. The molecule has 1 unspecified atom stereocenters. The molecule has 1 heterocycles. The van der Waals surface area contributed by atoms with E-state index >= 15 is 0 Å². The lowest BCUT2D eigenvalue weighted by atomic mass is 9.99. The maximum atomic E-state index is 12.8. The maximum absolute atomic E-state index is 12.8. The number of hydrogen-bond acceptors (Lipinski definition) is 3. The molecule has 0 bridgehead atoms. The summed E-state index contributed by atoms with van der Waals surface area (Å²) in [5.74, 6) is -0.313. The van der Waals surface area contributed by atoms with Crippen LogP contribution in [0.3, 0.4) is 0 Å². The van der Waals surface area contributed by atoms with Gasteiger partial charge in [0.15, 0.2) is 0 Å². The minimum Gasteiger partial charge on any atom is -0.344 e. The van der Waals surface area contributed by atoms with E-state index in [1.807, 2.05) is 67.6 Å². The van der Waals surface area contributed by atoms with Crippen LogP contribution in [0.1, 0.15) is 34.6 Å². The molecule has 144 valence electrons. The molecule has 5 nitrogen and oxygen atoms in total. The first kappa shape index (κ1) is 18.6. The van der Waals surface area contributed by atoms with Gasteiger partial charge in [-0.05, 0) is 34.9 Å². The van der Waals surface area contributed by atoms with Gasteiger partial charge in [0, 0.05) is 6.07 Å². The molecule has 0 saturated carbocycles. The molecule has 1 aromatic heterocycles. The lowest BCUT2D eigenvalue weighted by Gasteiger charge is -2.16. The summed E-state index contributed by atoms with van der Waals surface area (Å²) in [5, 5.41) is 9.49. The van der Waals surface area contributed by atoms with E-state index in [2.05, 4.69) is 22.5 Å². The maximum Gasteiger partial charge on any atom is 0.272 e. The molecule has 0 aliphatic carbocycles. The molecule has 0 radical (unpaired) electrons. The van der Waals surface area contributed by atoms with Gasteiger partial charge in [0.05, 0.1) is 12.6 Å². The third-order valence-electron chi connectivity index (χ3n) is 4.91. The number of nitrogens with one attached hydrogen (secondary N) is 1. The molecular formula is C24H21N3O2. The average molecular weight is 383 g/mol. The molecule has 0 spiro atoms. The van der Waals surface area contributed by atoms with Gasteiger partial charge >= 0.3 is 0 Å². The summed E-state index contributed by atoms with van der Waals surface area (Å²) >= 11 is 0. The Morgan fingerprint density at radius 2 is 1.66 bits per heavy atom. The Bertz CT molecular complexity index is 1210. The number of carbonyl (C=O) groups excluding carboxylic acids is 1. The predicted molar refractivity (Wildman–Crippen MR) is 114 cm³/mol. The quantitative estimate of drug-likeness (QED) is 0.568. The van der Waals surface area contributed by atoms with Crippen molar-refractivity contribution in [1.29, 1.82) is 0 Å². The fourth-order valence-corrected chi connectivity index (χ4v) is 3.42. The van der Waals surface area contributed by atoms with Gasteiger partial charge < -0.3 is 5.32 Å². The summed E-state index contributed by atoms with van der Waals surface area (Å²) in [4.78, 5) is 24.9. The van der Waals surface area contributed by atoms with Crippen LogP contribution in [0.4, 0.5) is 0 Å². The lowest BCUT2D eigenvalue weighted by molar-refractivity contribution is 0.0932. The third kappa shape index (κ3) is 4.09. The molecule has 29 heavy (non-hydrogen) atoms. The Labute approximate surface area is 168 Å². The van der Waals surface area contributed by atoms with Crippen molar-refractivity contribution in [1.82, 2.24) is 15.1 Å². The molecule has 1 N–H and O–H groups in total. The standard InChI is InChI=1S/C24H21N3O2/c1-17(20-13-7-11-19-10-5-6-12-21(19)20)25-24(29)22-14-15-23(28)27(26-22)16-18-8-3-2-4-9-18/h2-15,17H,16H2,1H3,(H,25,29). The normalized spacial score (nSPS) is 11.9. The van der Waals surface area contributed by atoms with Crippen molar-refractivity contribution in [3.8, 4) is 0 Å². The van der Waals surface area contributed by atoms with E-state index in [1.165, 1.54) is 16.8 Å². The molecular weight excluding hydrogens is 362 g/mol. The zero-order chi connectivity index (χ0) is 20.2. The van der Waals surface area contributed by atoms with E-state index in [4.69, 9.17) is 0 Å². The summed E-state index contributed by atoms with van der Waals surface area (Å²) in [6, 6.07) is 26.3. The summed E-state index contributed by atoms with van der Waals surface area (Å²) < 4.78 is 1.31. The number of nitrogens with zero attached hydrogens (tertiary/aromatic N) is 2. The number of fused-ring (bicyclic) bond motifs is 1. The zero-order valence-corrected chi connectivity index (χ0v) is 16.1. The summed E-state index contributed by atoms with van der Waals surface area (Å²) in [6.07, 6.45) is 0. The summed E-state index contributed by atoms with van der Waals surface area (Å²) in [7, 11) is 0. The highest BCUT2D eigenvalue weighted by Gasteiger charge is 2.15. The molecule has 1 amide bonds. The monoisotopic (exact) mass is 383 g/mol. The SMILES string of the molecule is CC(NC(=O)c1ccc(=O)n(Cc2ccccc2)n1)c1cccc2ccccc12. The Kier molecular flexibility index (Phi) is 5.20. The molecule has 4 rings (SSSR count). The van der Waals surface area contributed by atoms with Gasteiger partial charge in [-0.15, -0.1) is 0 Å². The number of aromatic nitrogens is 2. The molecule has 3 aromatic carbocycles. The van der Waals surface area contributed by atoms with Crippen LogP contribution in [0.15, 0.2) is 89.7 Å². The van der Waals surface area contributed by atoms with Gasteiger partial charge in [-0.3, -0.25) is 9.59 Å². The van der Waals surface area contributed by atoms with Gasteiger partial charge in [-0.1, -0.05) is 72.8 Å². The Morgan fingerprint density at radius 1 is 0.931 bits per heavy atom. The van der Waals surface area contributed by atoms with Crippen LogP contribution < -0.4 is 10.9 Å². The van der Waals surface area contributed by atoms with Gasteiger partial charge in [0.1, 0.15) is 5.69 Å². The topological polar surface area (TPSA) is 64.0 Å². The van der Waals surface area contributed by atoms with Crippen molar-refractivity contribution in [2.45, 2.75) is 19.5 Å². The Morgan fingerprint density at radius 3 is 2.48 bits per heavy atom. The number of rotatable bonds is 5. The average Bonchev–Trinajstić information content (AvgIpc) is 2.75. The van der Waals surface area contributed by atoms with Crippen LogP contribution in [0.25, 0.3) is 10.8 Å².